The van der Waals surface area contributed by atoms with Gasteiger partial charge in [-0.05, 0) is 32.0 Å². The fraction of sp³-hybridized carbons (Fsp3) is 0.500. The van der Waals surface area contributed by atoms with Crippen LogP contribution in [0.1, 0.15) is 25.0 Å². The number of ether oxygens (including phenoxy) is 1. The molecule has 148 valence electrons. The van der Waals surface area contributed by atoms with Crippen LogP contribution in [0.25, 0.3) is 0 Å². The number of amides is 2. The molecule has 10 heteroatoms. The maximum absolute atomic E-state index is 13.3. The van der Waals surface area contributed by atoms with Crippen molar-refractivity contribution >= 4 is 29.1 Å². The molecule has 0 radical (unpaired) electrons. The van der Waals surface area contributed by atoms with Gasteiger partial charge in [0.05, 0.1) is 45.7 Å². The van der Waals surface area contributed by atoms with Crippen LogP contribution < -0.4 is 4.90 Å². The molecule has 2 bridgehead atoms. The molecule has 6 atom stereocenters. The molecule has 1 aromatic carbocycles. The van der Waals surface area contributed by atoms with E-state index in [4.69, 9.17) is 21.6 Å². The largest absolute Gasteiger partial charge is 0.417 e. The quantitative estimate of drug-likeness (QED) is 0.562. The Morgan fingerprint density at radius 3 is 2.32 bits per heavy atom. The second-order valence-electron chi connectivity index (χ2n) is 7.62. The molecule has 0 unspecified atom stereocenters. The van der Waals surface area contributed by atoms with Crippen molar-refractivity contribution in [1.29, 1.82) is 5.26 Å². The Morgan fingerprint density at radius 1 is 1.21 bits per heavy atom. The number of anilines is 1. The van der Waals surface area contributed by atoms with Crippen molar-refractivity contribution < 1.29 is 32.6 Å². The summed E-state index contributed by atoms with van der Waals surface area (Å²) in [6.07, 6.45) is -6.05. The van der Waals surface area contributed by atoms with E-state index in [-0.39, 0.29) is 5.69 Å². The Hall–Kier alpha value is -2.15. The highest BCUT2D eigenvalue weighted by Crippen LogP contribution is 2.62. The van der Waals surface area contributed by atoms with Gasteiger partial charge >= 0.3 is 6.18 Å². The van der Waals surface area contributed by atoms with E-state index in [1.165, 1.54) is 19.9 Å². The number of carbonyl (C=O) groups is 2. The monoisotopic (exact) mass is 414 g/mol. The minimum absolute atomic E-state index is 0.289. The second kappa shape index (κ2) is 5.47. The highest BCUT2D eigenvalue weighted by Gasteiger charge is 2.79. The van der Waals surface area contributed by atoms with E-state index < -0.39 is 63.6 Å². The third-order valence-electron chi connectivity index (χ3n) is 6.08. The van der Waals surface area contributed by atoms with Gasteiger partial charge in [0.25, 0.3) is 0 Å². The van der Waals surface area contributed by atoms with Crippen molar-refractivity contribution in [1.82, 2.24) is 0 Å². The molecule has 3 heterocycles. The van der Waals surface area contributed by atoms with E-state index in [2.05, 4.69) is 0 Å². The number of fused-ring (bicyclic) bond motifs is 5. The van der Waals surface area contributed by atoms with Gasteiger partial charge < -0.3 is 9.84 Å². The lowest BCUT2D eigenvalue weighted by Gasteiger charge is -2.35. The lowest BCUT2D eigenvalue weighted by molar-refractivity contribution is -0.138. The average Bonchev–Trinajstić information content (AvgIpc) is 3.10. The van der Waals surface area contributed by atoms with Gasteiger partial charge in [0, 0.05) is 0 Å². The number of aliphatic hydroxyl groups is 1. The minimum atomic E-state index is -4.83. The van der Waals surface area contributed by atoms with Crippen molar-refractivity contribution in [2.45, 2.75) is 42.7 Å². The number of benzene rings is 1. The first kappa shape index (κ1) is 19.2. The highest BCUT2D eigenvalue weighted by atomic mass is 35.5. The number of aliphatic hydroxyl groups excluding tert-OH is 1. The summed E-state index contributed by atoms with van der Waals surface area (Å²) in [6.45, 7) is 2.98. The van der Waals surface area contributed by atoms with E-state index in [9.17, 15) is 27.9 Å². The van der Waals surface area contributed by atoms with Crippen LogP contribution >= 0.6 is 11.6 Å². The highest BCUT2D eigenvalue weighted by molar-refractivity contribution is 6.26. The van der Waals surface area contributed by atoms with Crippen LogP contribution in [0.5, 0.6) is 0 Å². The zero-order valence-corrected chi connectivity index (χ0v) is 15.4. The normalized spacial score (nSPS) is 39.4. The molecule has 2 amide bonds. The van der Waals surface area contributed by atoms with Crippen LogP contribution in [0.15, 0.2) is 18.2 Å². The number of halogens is 4. The summed E-state index contributed by atoms with van der Waals surface area (Å²) in [6, 6.07) is 4.09. The predicted octanol–water partition coefficient (Wildman–Crippen LogP) is 2.21. The van der Waals surface area contributed by atoms with Gasteiger partial charge in [0.1, 0.15) is 11.7 Å². The van der Waals surface area contributed by atoms with E-state index >= 15 is 0 Å². The molecule has 4 rings (SSSR count). The Bertz CT molecular complexity index is 923. The van der Waals surface area contributed by atoms with Crippen molar-refractivity contribution in [3.8, 4) is 6.07 Å². The predicted molar refractivity (Wildman–Crippen MR) is 89.2 cm³/mol. The van der Waals surface area contributed by atoms with Crippen LogP contribution in [0.3, 0.4) is 0 Å². The molecular weight excluding hydrogens is 401 g/mol. The molecule has 3 fully saturated rings. The number of carbonyl (C=O) groups excluding carboxylic acids is 2. The Labute approximate surface area is 162 Å². The summed E-state index contributed by atoms with van der Waals surface area (Å²) in [5, 5.41) is 18.4. The fourth-order valence-corrected chi connectivity index (χ4v) is 5.19. The van der Waals surface area contributed by atoms with Crippen LogP contribution in [0.2, 0.25) is 0 Å². The molecule has 3 saturated heterocycles. The zero-order valence-electron chi connectivity index (χ0n) is 14.6. The summed E-state index contributed by atoms with van der Waals surface area (Å²) in [4.78, 5) is 26.7. The smallest absolute Gasteiger partial charge is 0.388 e. The summed E-state index contributed by atoms with van der Waals surface area (Å²) in [5.41, 5.74) is -4.90. The first-order valence-electron chi connectivity index (χ1n) is 8.39. The van der Waals surface area contributed by atoms with Crippen molar-refractivity contribution in [2.24, 2.45) is 11.8 Å². The number of rotatable bonds is 1. The summed E-state index contributed by atoms with van der Waals surface area (Å²) < 4.78 is 45.6. The van der Waals surface area contributed by atoms with Crippen LogP contribution in [-0.2, 0) is 20.5 Å². The molecule has 6 nitrogen and oxygen atoms in total. The molecule has 1 N–H and O–H groups in total. The third-order valence-corrected chi connectivity index (χ3v) is 6.75. The van der Waals surface area contributed by atoms with Gasteiger partial charge in [-0.3, -0.25) is 9.59 Å². The Kier molecular flexibility index (Phi) is 3.74. The summed E-state index contributed by atoms with van der Waals surface area (Å²) in [7, 11) is 0. The molecular formula is C18H14ClF3N2O4. The number of nitrogens with zero attached hydrogens (tertiary/aromatic N) is 2. The Balaban J connectivity index is 1.82. The summed E-state index contributed by atoms with van der Waals surface area (Å²) in [5.74, 6) is -3.60. The van der Waals surface area contributed by atoms with Gasteiger partial charge in [-0.15, -0.1) is 11.6 Å². The first-order chi connectivity index (χ1) is 12.9. The minimum Gasteiger partial charge on any atom is -0.388 e. The van der Waals surface area contributed by atoms with Crippen LogP contribution in [0.4, 0.5) is 18.9 Å². The van der Waals surface area contributed by atoms with E-state index in [1.807, 2.05) is 0 Å². The molecule has 0 spiro atoms. The van der Waals surface area contributed by atoms with E-state index in [0.29, 0.717) is 11.0 Å². The Morgan fingerprint density at radius 2 is 1.79 bits per heavy atom. The second-order valence-corrected chi connectivity index (χ2v) is 8.09. The number of imide groups is 1. The maximum atomic E-state index is 13.3. The first-order valence-corrected chi connectivity index (χ1v) is 8.83. The van der Waals surface area contributed by atoms with Gasteiger partial charge in [0.15, 0.2) is 0 Å². The lowest BCUT2D eigenvalue weighted by Crippen LogP contribution is -2.55. The van der Waals surface area contributed by atoms with Gasteiger partial charge in [-0.2, -0.15) is 18.4 Å². The molecule has 0 saturated carbocycles. The van der Waals surface area contributed by atoms with Crippen molar-refractivity contribution in [3.05, 3.63) is 29.3 Å². The molecule has 1 aromatic rings. The molecule has 28 heavy (non-hydrogen) atoms. The zero-order chi connectivity index (χ0) is 20.8. The average molecular weight is 415 g/mol. The van der Waals surface area contributed by atoms with Gasteiger partial charge in [-0.1, -0.05) is 0 Å². The molecule has 0 aliphatic carbocycles. The molecule has 0 aromatic heterocycles. The van der Waals surface area contributed by atoms with Crippen LogP contribution in [-0.4, -0.2) is 39.6 Å². The van der Waals surface area contributed by atoms with Crippen molar-refractivity contribution in [2.75, 3.05) is 4.90 Å². The number of hydrogen-bond donors (Lipinski definition) is 1. The van der Waals surface area contributed by atoms with Gasteiger partial charge in [0.2, 0.25) is 11.8 Å². The van der Waals surface area contributed by atoms with Crippen LogP contribution in [0, 0.1) is 23.2 Å². The third kappa shape index (κ3) is 2.11. The topological polar surface area (TPSA) is 90.6 Å². The molecule has 3 aliphatic rings. The maximum Gasteiger partial charge on any atom is 0.417 e. The lowest BCUT2D eigenvalue weighted by atomic mass is 9.67. The molecule has 3 aliphatic heterocycles. The standard InChI is InChI=1S/C18H14ClF3N2O4/c1-16-10-11(17(2,28-16)13(25)12(16)19)15(27)24(14(10)26)8-4-3-7(6-23)9(5-8)18(20,21)22/h3-5,10-13,25H,1-2H3/t10-,11+,12-,13+,16+,17-/m1/s1. The number of alkyl halides is 4. The SMILES string of the molecule is C[C@]12O[C@](C)([C@H](Cl)[C@@H]1O)[C@H]1C(=O)N(c3ccc(C#N)c(C(F)(F)F)c3)C(=O)[C@H]12. The fourth-order valence-electron chi connectivity index (χ4n) is 4.76. The summed E-state index contributed by atoms with van der Waals surface area (Å²) >= 11 is 6.25. The van der Waals surface area contributed by atoms with Gasteiger partial charge in [-0.25, -0.2) is 4.90 Å². The number of nitriles is 1. The van der Waals surface area contributed by atoms with E-state index in [0.717, 1.165) is 12.1 Å². The number of hydrogen-bond acceptors (Lipinski definition) is 5. The van der Waals surface area contributed by atoms with Crippen molar-refractivity contribution in [3.63, 3.8) is 0 Å². The van der Waals surface area contributed by atoms with E-state index in [1.54, 1.807) is 0 Å².